The second-order valence-corrected chi connectivity index (χ2v) is 10.3. The van der Waals surface area contributed by atoms with Crippen LogP contribution in [0.3, 0.4) is 0 Å². The number of nitrogens with one attached hydrogen (secondary N) is 2. The number of aryl methyl sites for hydroxylation is 4. The van der Waals surface area contributed by atoms with Gasteiger partial charge in [0.25, 0.3) is 5.56 Å². The second kappa shape index (κ2) is 12.1. The number of rotatable bonds is 9. The maximum absolute atomic E-state index is 13.1. The van der Waals surface area contributed by atoms with Crippen LogP contribution in [0.5, 0.6) is 0 Å². The number of carbonyl (C=O) groups is 2. The van der Waals surface area contributed by atoms with Crippen molar-refractivity contribution in [1.82, 2.24) is 24.8 Å². The molecule has 0 spiro atoms. The van der Waals surface area contributed by atoms with E-state index in [1.165, 1.54) is 0 Å². The zero-order valence-corrected chi connectivity index (χ0v) is 22.7. The van der Waals surface area contributed by atoms with Crippen molar-refractivity contribution >= 4 is 23.6 Å². The van der Waals surface area contributed by atoms with Crippen LogP contribution >= 0.6 is 11.6 Å². The van der Waals surface area contributed by atoms with Crippen LogP contribution in [0, 0.1) is 13.8 Å². The fourth-order valence-electron chi connectivity index (χ4n) is 3.79. The second-order valence-electron chi connectivity index (χ2n) is 9.87. The Hall–Kier alpha value is -3.59. The van der Waals surface area contributed by atoms with Crippen molar-refractivity contribution in [3.05, 3.63) is 86.3 Å². The highest BCUT2D eigenvalue weighted by Gasteiger charge is 2.17. The van der Waals surface area contributed by atoms with Crippen molar-refractivity contribution in [3.8, 4) is 0 Å². The summed E-state index contributed by atoms with van der Waals surface area (Å²) in [5, 5.41) is 6.11. The van der Waals surface area contributed by atoms with Crippen LogP contribution in [0.25, 0.3) is 0 Å². The quantitative estimate of drug-likeness (QED) is 0.439. The van der Waals surface area contributed by atoms with Crippen molar-refractivity contribution in [2.75, 3.05) is 0 Å². The molecule has 0 atom stereocenters. The van der Waals surface area contributed by atoms with Crippen molar-refractivity contribution in [3.63, 3.8) is 0 Å². The number of alkyl carbamates (subject to hydrolysis) is 1. The van der Waals surface area contributed by atoms with Crippen LogP contribution in [0.1, 0.15) is 48.8 Å². The monoisotopic (exact) mass is 527 g/mol. The largest absolute Gasteiger partial charge is 0.444 e. The Kier molecular flexibility index (Phi) is 9.15. The third-order valence-electron chi connectivity index (χ3n) is 5.81. The summed E-state index contributed by atoms with van der Waals surface area (Å²) in [5.74, 6) is 0.593. The molecule has 0 saturated heterocycles. The van der Waals surface area contributed by atoms with E-state index in [2.05, 4.69) is 15.6 Å². The number of imidazole rings is 1. The summed E-state index contributed by atoms with van der Waals surface area (Å²) < 4.78 is 8.87. The minimum absolute atomic E-state index is 0.0400. The van der Waals surface area contributed by atoms with Gasteiger partial charge in [0.15, 0.2) is 0 Å². The highest BCUT2D eigenvalue weighted by molar-refractivity contribution is 6.30. The molecular weight excluding hydrogens is 494 g/mol. The molecule has 2 aromatic heterocycles. The van der Waals surface area contributed by atoms with Gasteiger partial charge in [-0.15, -0.1) is 0 Å². The lowest BCUT2D eigenvalue weighted by Gasteiger charge is -2.20. The maximum Gasteiger partial charge on any atom is 0.407 e. The summed E-state index contributed by atoms with van der Waals surface area (Å²) >= 11 is 6.17. The highest BCUT2D eigenvalue weighted by atomic mass is 35.5. The first-order valence-corrected chi connectivity index (χ1v) is 12.5. The van der Waals surface area contributed by atoms with E-state index in [4.69, 9.17) is 16.3 Å². The number of nitrogens with zero attached hydrogens (tertiary/aromatic N) is 3. The van der Waals surface area contributed by atoms with Gasteiger partial charge >= 0.3 is 6.09 Å². The Morgan fingerprint density at radius 1 is 1.00 bits per heavy atom. The first-order valence-electron chi connectivity index (χ1n) is 12.1. The number of ether oxygens (including phenoxy) is 1. The van der Waals surface area contributed by atoms with E-state index in [0.717, 1.165) is 22.5 Å². The molecule has 9 nitrogen and oxygen atoms in total. The van der Waals surface area contributed by atoms with Crippen LogP contribution in [0.4, 0.5) is 4.79 Å². The first kappa shape index (κ1) is 28.0. The Morgan fingerprint density at radius 3 is 2.38 bits per heavy atom. The smallest absolute Gasteiger partial charge is 0.407 e. The molecule has 2 N–H and O–H groups in total. The summed E-state index contributed by atoms with van der Waals surface area (Å²) in [6.07, 6.45) is 4.78. The Bertz CT molecular complexity index is 1320. The standard InChI is InChI=1S/C27H34ClN5O4/c1-18-8-10-33(13-12-32-11-9-29-19(32)2)25(35)23(18)15-24(34)30-17-21-14-22(28)7-6-20(21)16-31-26(36)37-27(3,4)5/h6-11,14H,12-13,15-17H2,1-5H3,(H,30,34)(H,31,36). The lowest BCUT2D eigenvalue weighted by atomic mass is 10.1. The minimum atomic E-state index is -0.604. The number of hydrogen-bond acceptors (Lipinski definition) is 5. The molecule has 0 bridgehead atoms. The van der Waals surface area contributed by atoms with Crippen molar-refractivity contribution in [2.45, 2.75) is 72.8 Å². The van der Waals surface area contributed by atoms with Crippen LogP contribution in [0.15, 0.2) is 47.7 Å². The third kappa shape index (κ3) is 8.21. The van der Waals surface area contributed by atoms with Crippen molar-refractivity contribution in [2.24, 2.45) is 0 Å². The molecule has 37 heavy (non-hydrogen) atoms. The van der Waals surface area contributed by atoms with Gasteiger partial charge in [0.1, 0.15) is 11.4 Å². The molecule has 2 amide bonds. The van der Waals surface area contributed by atoms with E-state index in [-0.39, 0.29) is 31.0 Å². The zero-order valence-electron chi connectivity index (χ0n) is 21.9. The molecule has 2 heterocycles. The predicted octanol–water partition coefficient (Wildman–Crippen LogP) is 3.90. The number of hydrogen-bond donors (Lipinski definition) is 2. The van der Waals surface area contributed by atoms with E-state index in [1.807, 2.05) is 30.7 Å². The molecule has 3 rings (SSSR count). The van der Waals surface area contributed by atoms with Gasteiger partial charge in [-0.25, -0.2) is 9.78 Å². The molecule has 0 radical (unpaired) electrons. The molecule has 0 aliphatic carbocycles. The summed E-state index contributed by atoms with van der Waals surface area (Å²) in [4.78, 5) is 42.1. The molecule has 3 aromatic rings. The molecular formula is C27H34ClN5O4. The topological polar surface area (TPSA) is 107 Å². The van der Waals surface area contributed by atoms with E-state index < -0.39 is 11.7 Å². The molecule has 0 unspecified atom stereocenters. The minimum Gasteiger partial charge on any atom is -0.444 e. The highest BCUT2D eigenvalue weighted by Crippen LogP contribution is 2.17. The fourth-order valence-corrected chi connectivity index (χ4v) is 3.98. The normalized spacial score (nSPS) is 11.3. The van der Waals surface area contributed by atoms with Crippen molar-refractivity contribution in [1.29, 1.82) is 0 Å². The first-order chi connectivity index (χ1) is 17.4. The number of halogens is 1. The summed E-state index contributed by atoms with van der Waals surface area (Å²) in [6, 6.07) is 7.11. The number of carbonyl (C=O) groups excluding carboxylic acids is 2. The van der Waals surface area contributed by atoms with Gasteiger partial charge in [-0.05, 0) is 69.5 Å². The SMILES string of the molecule is Cc1ccn(CCn2ccnc2C)c(=O)c1CC(=O)NCc1cc(Cl)ccc1CNC(=O)OC(C)(C)C. The third-order valence-corrected chi connectivity index (χ3v) is 6.04. The molecule has 0 fully saturated rings. The van der Waals surface area contributed by atoms with Crippen LogP contribution in [0.2, 0.25) is 5.02 Å². The lowest BCUT2D eigenvalue weighted by Crippen LogP contribution is -2.33. The van der Waals surface area contributed by atoms with Gasteiger partial charge in [0.05, 0.1) is 6.42 Å². The molecule has 0 saturated carbocycles. The average molecular weight is 528 g/mol. The van der Waals surface area contributed by atoms with Gasteiger partial charge in [-0.2, -0.15) is 0 Å². The summed E-state index contributed by atoms with van der Waals surface area (Å²) in [7, 11) is 0. The Labute approximate surface area is 221 Å². The van der Waals surface area contributed by atoms with Crippen LogP contribution < -0.4 is 16.2 Å². The Balaban J connectivity index is 1.64. The van der Waals surface area contributed by atoms with Gasteiger partial charge in [0.2, 0.25) is 5.91 Å². The predicted molar refractivity (Wildman–Crippen MR) is 142 cm³/mol. The molecule has 1 aromatic carbocycles. The molecule has 10 heteroatoms. The average Bonchev–Trinajstić information content (AvgIpc) is 3.22. The van der Waals surface area contributed by atoms with E-state index in [1.54, 1.807) is 55.9 Å². The molecule has 0 aliphatic heterocycles. The van der Waals surface area contributed by atoms with E-state index in [0.29, 0.717) is 23.7 Å². The molecule has 0 aliphatic rings. The zero-order chi connectivity index (χ0) is 27.2. The summed E-state index contributed by atoms with van der Waals surface area (Å²) in [5.41, 5.74) is 1.99. The van der Waals surface area contributed by atoms with Gasteiger partial charge in [-0.3, -0.25) is 9.59 Å². The van der Waals surface area contributed by atoms with Gasteiger partial charge in [0, 0.05) is 55.4 Å². The van der Waals surface area contributed by atoms with Crippen LogP contribution in [-0.4, -0.2) is 31.7 Å². The summed E-state index contributed by atoms with van der Waals surface area (Å²) in [6.45, 7) is 10.6. The fraction of sp³-hybridized carbons (Fsp3) is 0.407. The van der Waals surface area contributed by atoms with Crippen molar-refractivity contribution < 1.29 is 14.3 Å². The van der Waals surface area contributed by atoms with E-state index in [9.17, 15) is 14.4 Å². The van der Waals surface area contributed by atoms with Gasteiger partial charge < -0.3 is 24.5 Å². The number of amides is 2. The number of benzene rings is 1. The maximum atomic E-state index is 13.1. The van der Waals surface area contributed by atoms with Crippen LogP contribution in [-0.2, 0) is 42.1 Å². The lowest BCUT2D eigenvalue weighted by molar-refractivity contribution is -0.120. The Morgan fingerprint density at radius 2 is 1.70 bits per heavy atom. The van der Waals surface area contributed by atoms with Gasteiger partial charge in [-0.1, -0.05) is 17.7 Å². The van der Waals surface area contributed by atoms with E-state index >= 15 is 0 Å². The number of aromatic nitrogens is 3. The molecule has 198 valence electrons. The number of pyridine rings is 1.